The fourth-order valence-electron chi connectivity index (χ4n) is 4.93. The fourth-order valence-corrected chi connectivity index (χ4v) is 4.93. The summed E-state index contributed by atoms with van der Waals surface area (Å²) in [5.74, 6) is 0.497. The van der Waals surface area contributed by atoms with Crippen LogP contribution in [-0.4, -0.2) is 29.5 Å². The Hall–Kier alpha value is -1.97. The second-order valence-electron chi connectivity index (χ2n) is 9.06. The number of unbranched alkanes of at least 4 members (excludes halogenated alkanes) is 1. The van der Waals surface area contributed by atoms with Crippen molar-refractivity contribution in [3.63, 3.8) is 0 Å². The molecule has 154 valence electrons. The molecule has 0 aliphatic heterocycles. The van der Waals surface area contributed by atoms with Crippen molar-refractivity contribution in [1.29, 1.82) is 0 Å². The van der Waals surface area contributed by atoms with E-state index in [1.165, 1.54) is 34.4 Å². The molecule has 3 nitrogen and oxygen atoms in total. The number of aliphatic hydroxyl groups excluding tert-OH is 1. The van der Waals surface area contributed by atoms with Gasteiger partial charge in [-0.15, -0.1) is 0 Å². The molecule has 0 heterocycles. The molecule has 29 heavy (non-hydrogen) atoms. The van der Waals surface area contributed by atoms with Crippen LogP contribution in [0.5, 0.6) is 0 Å². The maximum Gasteiger partial charge on any atom is 0.0611 e. The lowest BCUT2D eigenvalue weighted by Gasteiger charge is -2.22. The van der Waals surface area contributed by atoms with E-state index >= 15 is 0 Å². The van der Waals surface area contributed by atoms with Gasteiger partial charge in [0, 0.05) is 24.2 Å². The Morgan fingerprint density at radius 2 is 1.90 bits per heavy atom. The maximum atomic E-state index is 9.54. The summed E-state index contributed by atoms with van der Waals surface area (Å²) < 4.78 is 0. The highest BCUT2D eigenvalue weighted by molar-refractivity contribution is 5.88. The molecule has 0 radical (unpaired) electrons. The number of aryl methyl sites for hydroxylation is 2. The number of fused-ring (bicyclic) bond motifs is 1. The zero-order chi connectivity index (χ0) is 20.1. The molecular weight excluding hydrogens is 356 g/mol. The van der Waals surface area contributed by atoms with Gasteiger partial charge >= 0.3 is 0 Å². The summed E-state index contributed by atoms with van der Waals surface area (Å²) in [6, 6.07) is 17.7. The van der Waals surface area contributed by atoms with Crippen LogP contribution in [0.15, 0.2) is 53.5 Å². The zero-order valence-electron chi connectivity index (χ0n) is 17.4. The average molecular weight is 391 g/mol. The summed E-state index contributed by atoms with van der Waals surface area (Å²) in [5.41, 5.74) is 13.0. The molecule has 0 aromatic heterocycles. The predicted octanol–water partition coefficient (Wildman–Crippen LogP) is 4.60. The first kappa shape index (κ1) is 20.3. The van der Waals surface area contributed by atoms with Crippen LogP contribution in [0.3, 0.4) is 0 Å². The molecule has 2 atom stereocenters. The Morgan fingerprint density at radius 3 is 2.69 bits per heavy atom. The highest BCUT2D eigenvalue weighted by Crippen LogP contribution is 2.40. The first-order valence-corrected chi connectivity index (χ1v) is 11.2. The third-order valence-corrected chi connectivity index (χ3v) is 6.79. The van der Waals surface area contributed by atoms with Crippen molar-refractivity contribution in [2.45, 2.75) is 69.2 Å². The van der Waals surface area contributed by atoms with Crippen LogP contribution in [-0.2, 0) is 19.3 Å². The van der Waals surface area contributed by atoms with Crippen molar-refractivity contribution in [3.8, 4) is 0 Å². The van der Waals surface area contributed by atoms with Gasteiger partial charge in [-0.2, -0.15) is 0 Å². The number of nitrogens with zero attached hydrogens (tertiary/aromatic N) is 1. The van der Waals surface area contributed by atoms with Crippen molar-refractivity contribution in [1.82, 2.24) is 0 Å². The van der Waals surface area contributed by atoms with Gasteiger partial charge in [0.05, 0.1) is 6.61 Å². The van der Waals surface area contributed by atoms with Crippen LogP contribution < -0.4 is 5.73 Å². The van der Waals surface area contributed by atoms with Gasteiger partial charge in [0.2, 0.25) is 0 Å². The first-order valence-electron chi connectivity index (χ1n) is 11.2. The monoisotopic (exact) mass is 390 g/mol. The molecule has 0 amide bonds. The normalized spacial score (nSPS) is 25.3. The second-order valence-corrected chi connectivity index (χ2v) is 9.06. The molecule has 2 aliphatic carbocycles. The molecule has 2 aromatic carbocycles. The number of hydrogen-bond acceptors (Lipinski definition) is 3. The first-order chi connectivity index (χ1) is 14.1. The second kappa shape index (κ2) is 9.23. The topological polar surface area (TPSA) is 58.6 Å². The maximum absolute atomic E-state index is 9.54. The average Bonchev–Trinajstić information content (AvgIpc) is 3.16. The quantitative estimate of drug-likeness (QED) is 0.679. The lowest BCUT2D eigenvalue weighted by Crippen LogP contribution is -2.40. The molecule has 0 spiro atoms. The van der Waals surface area contributed by atoms with Crippen LogP contribution in [0.2, 0.25) is 0 Å². The predicted molar refractivity (Wildman–Crippen MR) is 121 cm³/mol. The van der Waals surface area contributed by atoms with E-state index in [1.807, 2.05) is 0 Å². The van der Waals surface area contributed by atoms with Gasteiger partial charge in [0.25, 0.3) is 0 Å². The molecule has 1 saturated carbocycles. The van der Waals surface area contributed by atoms with Crippen LogP contribution in [0.4, 0.5) is 0 Å². The van der Waals surface area contributed by atoms with E-state index in [0.29, 0.717) is 5.92 Å². The summed E-state index contributed by atoms with van der Waals surface area (Å²) in [4.78, 5) is 4.92. The van der Waals surface area contributed by atoms with Gasteiger partial charge in [0.1, 0.15) is 0 Å². The van der Waals surface area contributed by atoms with Gasteiger partial charge in [-0.1, -0.05) is 48.5 Å². The Labute approximate surface area is 175 Å². The van der Waals surface area contributed by atoms with Crippen LogP contribution in [0, 0.1) is 0 Å². The Bertz CT molecular complexity index is 845. The molecule has 0 unspecified atom stereocenters. The number of aliphatic hydroxyl groups is 1. The summed E-state index contributed by atoms with van der Waals surface area (Å²) in [6.45, 7) is 1.05. The SMILES string of the molecule is N[C@]1(CO)CC[C@H](c2ccc3c(c2)CCC(=NCCCCc2ccccc2)C3)C1. The van der Waals surface area contributed by atoms with E-state index < -0.39 is 0 Å². The van der Waals surface area contributed by atoms with E-state index in [4.69, 9.17) is 10.7 Å². The zero-order valence-corrected chi connectivity index (χ0v) is 17.4. The van der Waals surface area contributed by atoms with Gasteiger partial charge < -0.3 is 10.8 Å². The minimum atomic E-state index is -0.374. The Kier molecular flexibility index (Phi) is 6.46. The summed E-state index contributed by atoms with van der Waals surface area (Å²) in [6.07, 6.45) is 9.64. The van der Waals surface area contributed by atoms with Crippen molar-refractivity contribution >= 4 is 5.71 Å². The van der Waals surface area contributed by atoms with Crippen molar-refractivity contribution in [2.24, 2.45) is 10.7 Å². The lowest BCUT2D eigenvalue weighted by molar-refractivity contribution is 0.198. The summed E-state index contributed by atoms with van der Waals surface area (Å²) in [7, 11) is 0. The van der Waals surface area contributed by atoms with E-state index in [1.54, 1.807) is 0 Å². The molecule has 2 aliphatic rings. The summed E-state index contributed by atoms with van der Waals surface area (Å²) in [5, 5.41) is 9.54. The lowest BCUT2D eigenvalue weighted by atomic mass is 9.85. The van der Waals surface area contributed by atoms with E-state index in [9.17, 15) is 5.11 Å². The van der Waals surface area contributed by atoms with E-state index in [0.717, 1.165) is 57.9 Å². The largest absolute Gasteiger partial charge is 0.394 e. The highest BCUT2D eigenvalue weighted by atomic mass is 16.3. The number of benzene rings is 2. The van der Waals surface area contributed by atoms with Crippen molar-refractivity contribution in [2.75, 3.05) is 13.2 Å². The van der Waals surface area contributed by atoms with Crippen LogP contribution >= 0.6 is 0 Å². The minimum Gasteiger partial charge on any atom is -0.394 e. The van der Waals surface area contributed by atoms with E-state index in [2.05, 4.69) is 48.5 Å². The third kappa shape index (κ3) is 5.15. The molecule has 0 saturated heterocycles. The smallest absolute Gasteiger partial charge is 0.0611 e. The van der Waals surface area contributed by atoms with Crippen LogP contribution in [0.25, 0.3) is 0 Å². The number of nitrogens with two attached hydrogens (primary N) is 1. The molecule has 3 N–H and O–H groups in total. The fraction of sp³-hybridized carbons (Fsp3) is 0.500. The third-order valence-electron chi connectivity index (χ3n) is 6.79. The standard InChI is InChI=1S/C26H34N2O/c27-26(19-29)14-13-24(18-26)22-9-10-23-17-25(12-11-21(23)16-22)28-15-5-4-8-20-6-2-1-3-7-20/h1-3,6-7,9-10,16,24,29H,4-5,8,11-15,17-19,27H2/t24-,26+/m0/s1. The molecular formula is C26H34N2O. The van der Waals surface area contributed by atoms with E-state index in [-0.39, 0.29) is 12.1 Å². The highest BCUT2D eigenvalue weighted by Gasteiger charge is 2.36. The number of rotatable bonds is 7. The van der Waals surface area contributed by atoms with Crippen LogP contribution in [0.1, 0.15) is 66.7 Å². The summed E-state index contributed by atoms with van der Waals surface area (Å²) >= 11 is 0. The van der Waals surface area contributed by atoms with Gasteiger partial charge in [-0.05, 0) is 79.5 Å². The van der Waals surface area contributed by atoms with Crippen molar-refractivity contribution < 1.29 is 5.11 Å². The number of aliphatic imine (C=N–C) groups is 1. The molecule has 4 rings (SSSR count). The Morgan fingerprint density at radius 1 is 1.03 bits per heavy atom. The van der Waals surface area contributed by atoms with Crippen molar-refractivity contribution in [3.05, 3.63) is 70.8 Å². The molecule has 0 bridgehead atoms. The van der Waals surface area contributed by atoms with Gasteiger partial charge in [0.15, 0.2) is 0 Å². The van der Waals surface area contributed by atoms with Gasteiger partial charge in [-0.25, -0.2) is 0 Å². The minimum absolute atomic E-state index is 0.0968. The number of hydrogen-bond donors (Lipinski definition) is 2. The molecule has 2 aromatic rings. The molecule has 3 heteroatoms. The van der Waals surface area contributed by atoms with Gasteiger partial charge in [-0.3, -0.25) is 4.99 Å². The molecule has 1 fully saturated rings. The Balaban J connectivity index is 1.28.